The van der Waals surface area contributed by atoms with Crippen LogP contribution in [0.1, 0.15) is 44.7 Å². The fourth-order valence-electron chi connectivity index (χ4n) is 2.71. The van der Waals surface area contributed by atoms with Gasteiger partial charge in [0.2, 0.25) is 5.89 Å². The molecule has 2 heterocycles. The first-order chi connectivity index (χ1) is 13.0. The van der Waals surface area contributed by atoms with Crippen molar-refractivity contribution in [3.63, 3.8) is 0 Å². The fourth-order valence-corrected chi connectivity index (χ4v) is 2.71. The van der Waals surface area contributed by atoms with Crippen LogP contribution in [0.4, 0.5) is 0 Å². The molecule has 0 spiro atoms. The number of hydrogen-bond acceptors (Lipinski definition) is 4. The number of halogens is 1. The van der Waals surface area contributed by atoms with E-state index in [9.17, 15) is 0 Å². The molecule has 0 saturated carbocycles. The van der Waals surface area contributed by atoms with E-state index >= 15 is 0 Å². The summed E-state index contributed by atoms with van der Waals surface area (Å²) in [5.41, 5.74) is 2.05. The largest absolute Gasteiger partial charge is 0.443 e. The Morgan fingerprint density at radius 2 is 2.00 bits per heavy atom. The molecular formula is C20H29IN6O. The predicted octanol–water partition coefficient (Wildman–Crippen LogP) is 3.76. The van der Waals surface area contributed by atoms with Gasteiger partial charge in [-0.25, -0.2) is 9.97 Å². The Hall–Kier alpha value is -2.10. The lowest BCUT2D eigenvalue weighted by Crippen LogP contribution is -2.37. The van der Waals surface area contributed by atoms with Gasteiger partial charge in [-0.2, -0.15) is 0 Å². The third-order valence-corrected chi connectivity index (χ3v) is 4.24. The number of imidazole rings is 1. The second-order valence-electron chi connectivity index (χ2n) is 7.52. The summed E-state index contributed by atoms with van der Waals surface area (Å²) in [5, 5.41) is 6.54. The summed E-state index contributed by atoms with van der Waals surface area (Å²) < 4.78 is 5.79. The third kappa shape index (κ3) is 5.95. The molecule has 2 aromatic heterocycles. The van der Waals surface area contributed by atoms with Gasteiger partial charge in [-0.15, -0.1) is 24.0 Å². The van der Waals surface area contributed by atoms with Gasteiger partial charge in [0.15, 0.2) is 5.96 Å². The molecule has 0 fully saturated rings. The minimum atomic E-state index is -0.0399. The summed E-state index contributed by atoms with van der Waals surface area (Å²) >= 11 is 0. The SMILES string of the molecule is CN=C(NCCCc1nc2ccccc2[nH]1)NCc1ncc(C(C)(C)C)o1.I. The third-order valence-electron chi connectivity index (χ3n) is 4.24. The summed E-state index contributed by atoms with van der Waals surface area (Å²) in [5.74, 6) is 3.28. The first-order valence-electron chi connectivity index (χ1n) is 9.29. The summed E-state index contributed by atoms with van der Waals surface area (Å²) in [6.45, 7) is 7.61. The number of aryl methyl sites for hydroxylation is 1. The smallest absolute Gasteiger partial charge is 0.213 e. The van der Waals surface area contributed by atoms with Gasteiger partial charge in [-0.1, -0.05) is 32.9 Å². The standard InChI is InChI=1S/C20H28N6O.HI/c1-20(2,3)16-12-23-18(27-16)13-24-19(21-4)22-11-7-10-17-25-14-8-5-6-9-15(14)26-17;/h5-6,8-9,12H,7,10-11,13H2,1-4H3,(H,25,26)(H2,21,22,24);1H. The van der Waals surface area contributed by atoms with Crippen LogP contribution in [0.25, 0.3) is 11.0 Å². The summed E-state index contributed by atoms with van der Waals surface area (Å²) in [6.07, 6.45) is 3.63. The van der Waals surface area contributed by atoms with E-state index in [1.54, 1.807) is 13.2 Å². The number of hydrogen-bond donors (Lipinski definition) is 3. The molecular weight excluding hydrogens is 467 g/mol. The maximum Gasteiger partial charge on any atom is 0.213 e. The van der Waals surface area contributed by atoms with E-state index in [1.165, 1.54) is 0 Å². The maximum absolute atomic E-state index is 5.79. The number of oxazole rings is 1. The number of aromatic nitrogens is 3. The lowest BCUT2D eigenvalue weighted by molar-refractivity contribution is 0.379. The van der Waals surface area contributed by atoms with E-state index in [4.69, 9.17) is 4.42 Å². The van der Waals surface area contributed by atoms with E-state index in [1.807, 2.05) is 24.3 Å². The molecule has 0 bridgehead atoms. The molecule has 3 N–H and O–H groups in total. The number of fused-ring (bicyclic) bond motifs is 1. The molecule has 0 amide bonds. The average molecular weight is 496 g/mol. The van der Waals surface area contributed by atoms with Gasteiger partial charge in [0.1, 0.15) is 11.6 Å². The second-order valence-corrected chi connectivity index (χ2v) is 7.52. The van der Waals surface area contributed by atoms with Gasteiger partial charge < -0.3 is 20.0 Å². The van der Waals surface area contributed by atoms with Crippen LogP contribution in [0.5, 0.6) is 0 Å². The van der Waals surface area contributed by atoms with E-state index < -0.39 is 0 Å². The number of nitrogens with one attached hydrogen (secondary N) is 3. The van der Waals surface area contributed by atoms with Gasteiger partial charge in [0.25, 0.3) is 0 Å². The molecule has 3 aromatic rings. The maximum atomic E-state index is 5.79. The minimum Gasteiger partial charge on any atom is -0.443 e. The van der Waals surface area contributed by atoms with Crippen molar-refractivity contribution in [3.8, 4) is 0 Å². The molecule has 0 aliphatic carbocycles. The van der Waals surface area contributed by atoms with Crippen molar-refractivity contribution >= 4 is 41.0 Å². The number of benzene rings is 1. The Morgan fingerprint density at radius 3 is 2.68 bits per heavy atom. The highest BCUT2D eigenvalue weighted by Gasteiger charge is 2.19. The Balaban J connectivity index is 0.00000280. The number of aliphatic imine (C=N–C) groups is 1. The van der Waals surface area contributed by atoms with Gasteiger partial charge in [-0.3, -0.25) is 4.99 Å². The summed E-state index contributed by atoms with van der Waals surface area (Å²) in [6, 6.07) is 8.08. The van der Waals surface area contributed by atoms with Crippen LogP contribution in [0, 0.1) is 0 Å². The van der Waals surface area contributed by atoms with E-state index in [0.717, 1.165) is 48.0 Å². The lowest BCUT2D eigenvalue weighted by atomic mass is 9.94. The van der Waals surface area contributed by atoms with Crippen LogP contribution in [0.3, 0.4) is 0 Å². The Bertz CT molecular complexity index is 876. The van der Waals surface area contributed by atoms with E-state index in [2.05, 4.69) is 51.3 Å². The van der Waals surface area contributed by atoms with Crippen LogP contribution < -0.4 is 10.6 Å². The molecule has 7 nitrogen and oxygen atoms in total. The van der Waals surface area contributed by atoms with Gasteiger partial charge in [0, 0.05) is 25.4 Å². The zero-order valence-electron chi connectivity index (χ0n) is 16.9. The van der Waals surface area contributed by atoms with Crippen LogP contribution in [0.2, 0.25) is 0 Å². The van der Waals surface area contributed by atoms with Gasteiger partial charge >= 0.3 is 0 Å². The first-order valence-corrected chi connectivity index (χ1v) is 9.29. The molecule has 0 aliphatic heterocycles. The highest BCUT2D eigenvalue weighted by atomic mass is 127. The normalized spacial score (nSPS) is 12.1. The van der Waals surface area contributed by atoms with Crippen LogP contribution >= 0.6 is 24.0 Å². The van der Waals surface area contributed by atoms with Crippen molar-refractivity contribution < 1.29 is 4.42 Å². The van der Waals surface area contributed by atoms with Crippen molar-refractivity contribution in [1.82, 2.24) is 25.6 Å². The molecule has 0 radical (unpaired) electrons. The van der Waals surface area contributed by atoms with Gasteiger partial charge in [0.05, 0.1) is 23.8 Å². The van der Waals surface area contributed by atoms with Crippen LogP contribution in [-0.2, 0) is 18.4 Å². The molecule has 28 heavy (non-hydrogen) atoms. The topological polar surface area (TPSA) is 91.1 Å². The summed E-state index contributed by atoms with van der Waals surface area (Å²) in [4.78, 5) is 16.5. The number of para-hydroxylation sites is 2. The van der Waals surface area contributed by atoms with Crippen LogP contribution in [0.15, 0.2) is 39.9 Å². The number of nitrogens with zero attached hydrogens (tertiary/aromatic N) is 3. The zero-order valence-corrected chi connectivity index (χ0v) is 19.2. The van der Waals surface area contributed by atoms with E-state index in [-0.39, 0.29) is 29.4 Å². The van der Waals surface area contributed by atoms with Crippen molar-refractivity contribution in [2.24, 2.45) is 4.99 Å². The molecule has 0 saturated heterocycles. The minimum absolute atomic E-state index is 0. The van der Waals surface area contributed by atoms with E-state index in [0.29, 0.717) is 12.4 Å². The fraction of sp³-hybridized carbons (Fsp3) is 0.450. The summed E-state index contributed by atoms with van der Waals surface area (Å²) in [7, 11) is 1.75. The molecule has 1 aromatic carbocycles. The Kier molecular flexibility index (Phi) is 7.85. The molecule has 152 valence electrons. The number of aromatic amines is 1. The van der Waals surface area contributed by atoms with Crippen molar-refractivity contribution in [3.05, 3.63) is 47.9 Å². The monoisotopic (exact) mass is 496 g/mol. The molecule has 0 unspecified atom stereocenters. The van der Waals surface area contributed by atoms with Crippen molar-refractivity contribution in [2.75, 3.05) is 13.6 Å². The Labute approximate surface area is 182 Å². The van der Waals surface area contributed by atoms with Gasteiger partial charge in [-0.05, 0) is 18.6 Å². The molecule has 3 rings (SSSR count). The average Bonchev–Trinajstić information content (AvgIpc) is 3.27. The van der Waals surface area contributed by atoms with Crippen LogP contribution in [-0.4, -0.2) is 34.5 Å². The highest BCUT2D eigenvalue weighted by molar-refractivity contribution is 14.0. The second kappa shape index (κ2) is 9.90. The predicted molar refractivity (Wildman–Crippen MR) is 123 cm³/mol. The first kappa shape index (κ1) is 22.2. The highest BCUT2D eigenvalue weighted by Crippen LogP contribution is 2.22. The number of guanidine groups is 1. The quantitative estimate of drug-likeness (QED) is 0.209. The molecule has 8 heteroatoms. The molecule has 0 aliphatic rings. The lowest BCUT2D eigenvalue weighted by Gasteiger charge is -2.13. The number of rotatable bonds is 6. The molecule has 0 atom stereocenters. The number of H-pyrrole nitrogens is 1. The zero-order chi connectivity index (χ0) is 19.3. The Morgan fingerprint density at radius 1 is 1.21 bits per heavy atom. The van der Waals surface area contributed by atoms with Crippen molar-refractivity contribution in [1.29, 1.82) is 0 Å². The van der Waals surface area contributed by atoms with Crippen molar-refractivity contribution in [2.45, 2.75) is 45.6 Å².